The molecule has 0 fully saturated rings. The van der Waals surface area contributed by atoms with Gasteiger partial charge in [0.15, 0.2) is 12.1 Å². The number of nitrogens with zero attached hydrogens (tertiary/aromatic N) is 2. The van der Waals surface area contributed by atoms with Crippen molar-refractivity contribution in [2.75, 3.05) is 24.7 Å². The van der Waals surface area contributed by atoms with Gasteiger partial charge in [0.2, 0.25) is 5.52 Å². The highest BCUT2D eigenvalue weighted by Gasteiger charge is 2.29. The highest BCUT2D eigenvalue weighted by Crippen LogP contribution is 2.49. The van der Waals surface area contributed by atoms with Crippen molar-refractivity contribution in [2.45, 2.75) is 18.4 Å². The van der Waals surface area contributed by atoms with Crippen LogP contribution in [0.1, 0.15) is 11.9 Å². The summed E-state index contributed by atoms with van der Waals surface area (Å²) in [6.07, 6.45) is 7.72. The van der Waals surface area contributed by atoms with E-state index in [0.29, 0.717) is 13.1 Å². The molecule has 1 aliphatic heterocycles. The third-order valence-electron chi connectivity index (χ3n) is 5.98. The molecule has 1 aliphatic rings. The Balaban J connectivity index is 1.43. The van der Waals surface area contributed by atoms with E-state index >= 15 is 0 Å². The number of rotatable bonds is 6. The van der Waals surface area contributed by atoms with E-state index in [9.17, 15) is 10.2 Å². The first kappa shape index (κ1) is 21.5. The van der Waals surface area contributed by atoms with Crippen molar-refractivity contribution >= 4 is 67.0 Å². The monoisotopic (exact) mass is 491 g/mol. The minimum Gasteiger partial charge on any atom is -0.464 e. The van der Waals surface area contributed by atoms with Crippen LogP contribution in [0.15, 0.2) is 79.3 Å². The molecule has 6 rings (SSSR count). The van der Waals surface area contributed by atoms with Crippen molar-refractivity contribution in [3.8, 4) is 0 Å². The van der Waals surface area contributed by atoms with Crippen LogP contribution >= 0.6 is 23.1 Å². The van der Waals surface area contributed by atoms with Crippen LogP contribution in [0.3, 0.4) is 0 Å². The number of anilines is 1. The second-order valence-corrected chi connectivity index (χ2v) is 10.3. The lowest BCUT2D eigenvalue weighted by molar-refractivity contribution is -0.669. The van der Waals surface area contributed by atoms with Crippen LogP contribution in [0.5, 0.6) is 0 Å². The molecule has 172 valence electrons. The molecule has 6 nitrogen and oxygen atoms in total. The van der Waals surface area contributed by atoms with Crippen LogP contribution < -0.4 is 9.47 Å². The Morgan fingerprint density at radius 1 is 1.06 bits per heavy atom. The zero-order valence-corrected chi connectivity index (χ0v) is 20.2. The first-order chi connectivity index (χ1) is 16.7. The minimum absolute atomic E-state index is 0.0463. The van der Waals surface area contributed by atoms with Crippen molar-refractivity contribution in [1.29, 1.82) is 0 Å². The summed E-state index contributed by atoms with van der Waals surface area (Å²) in [5, 5.41) is 23.7. The quantitative estimate of drug-likeness (QED) is 0.305. The van der Waals surface area contributed by atoms with Crippen molar-refractivity contribution in [1.82, 2.24) is 0 Å². The molecule has 8 heteroatoms. The van der Waals surface area contributed by atoms with Crippen LogP contribution in [-0.4, -0.2) is 30.0 Å². The van der Waals surface area contributed by atoms with Gasteiger partial charge in [-0.25, -0.2) is 0 Å². The smallest absolute Gasteiger partial charge is 0.263 e. The summed E-state index contributed by atoms with van der Waals surface area (Å²) < 4.78 is 14.7. The zero-order valence-electron chi connectivity index (χ0n) is 18.5. The fourth-order valence-corrected chi connectivity index (χ4v) is 6.97. The predicted molar refractivity (Wildman–Crippen MR) is 137 cm³/mol. The van der Waals surface area contributed by atoms with Crippen molar-refractivity contribution in [3.05, 3.63) is 70.6 Å². The Bertz CT molecular complexity index is 1590. The van der Waals surface area contributed by atoms with Crippen molar-refractivity contribution < 1.29 is 23.6 Å². The van der Waals surface area contributed by atoms with E-state index in [1.54, 1.807) is 35.6 Å². The van der Waals surface area contributed by atoms with Gasteiger partial charge in [0, 0.05) is 22.9 Å². The number of allylic oxidation sites excluding steroid dienone is 2. The van der Waals surface area contributed by atoms with Crippen LogP contribution in [0, 0.1) is 0 Å². The molecule has 2 aromatic carbocycles. The molecule has 4 heterocycles. The number of β-amino-alcohol motifs (C(OH)–C–C–N with tert-alkyl or cyclic N) is 1. The number of furan rings is 2. The van der Waals surface area contributed by atoms with E-state index in [0.717, 1.165) is 58.3 Å². The van der Waals surface area contributed by atoms with Gasteiger partial charge < -0.3 is 23.9 Å². The maximum Gasteiger partial charge on any atom is 0.263 e. The molecule has 3 aromatic heterocycles. The van der Waals surface area contributed by atoms with Crippen LogP contribution in [0.25, 0.3) is 38.2 Å². The maximum atomic E-state index is 9.76. The molecule has 34 heavy (non-hydrogen) atoms. The summed E-state index contributed by atoms with van der Waals surface area (Å²) in [5.41, 5.74) is 4.87. The minimum atomic E-state index is 0.0463. The molecule has 5 aromatic rings. The van der Waals surface area contributed by atoms with E-state index in [1.165, 1.54) is 0 Å². The molecule has 0 unspecified atom stereocenters. The summed E-state index contributed by atoms with van der Waals surface area (Å²) in [4.78, 5) is 3.25. The number of thiazole rings is 1. The Morgan fingerprint density at radius 3 is 2.79 bits per heavy atom. The Morgan fingerprint density at radius 2 is 1.94 bits per heavy atom. The highest BCUT2D eigenvalue weighted by atomic mass is 32.2. The van der Waals surface area contributed by atoms with Crippen LogP contribution in [0.4, 0.5) is 5.69 Å². The molecule has 0 bridgehead atoms. The number of aromatic nitrogens is 1. The molecule has 0 radical (unpaired) electrons. The van der Waals surface area contributed by atoms with Crippen LogP contribution in [0.2, 0.25) is 0 Å². The molecule has 0 saturated heterocycles. The number of fused-ring (bicyclic) bond motifs is 6. The van der Waals surface area contributed by atoms with Gasteiger partial charge in [-0.15, -0.1) is 0 Å². The third-order valence-corrected chi connectivity index (χ3v) is 8.17. The Kier molecular flexibility index (Phi) is 5.45. The van der Waals surface area contributed by atoms with Crippen molar-refractivity contribution in [3.63, 3.8) is 0 Å². The number of thioether (sulfide) groups is 1. The second kappa shape index (κ2) is 8.63. The molecule has 2 N–H and O–H groups in total. The van der Waals surface area contributed by atoms with Gasteiger partial charge in [-0.1, -0.05) is 23.1 Å². The number of hydrogen-bond donors (Lipinski definition) is 2. The van der Waals surface area contributed by atoms with Crippen LogP contribution in [-0.2, 0) is 6.54 Å². The summed E-state index contributed by atoms with van der Waals surface area (Å²) in [5.74, 6) is 0. The Hall–Kier alpha value is -3.04. The highest BCUT2D eigenvalue weighted by molar-refractivity contribution is 8.03. The van der Waals surface area contributed by atoms with E-state index in [-0.39, 0.29) is 13.2 Å². The number of aliphatic hydroxyl groups is 2. The summed E-state index contributed by atoms with van der Waals surface area (Å²) >= 11 is 3.38. The van der Waals surface area contributed by atoms with Gasteiger partial charge in [-0.3, -0.25) is 0 Å². The molecular weight excluding hydrogens is 468 g/mol. The predicted octanol–water partition coefficient (Wildman–Crippen LogP) is 5.52. The fraction of sp³-hybridized carbons (Fsp3) is 0.192. The molecule has 0 amide bonds. The van der Waals surface area contributed by atoms with Gasteiger partial charge in [0.25, 0.3) is 5.01 Å². The van der Waals surface area contributed by atoms with E-state index in [1.807, 2.05) is 18.2 Å². The third kappa shape index (κ3) is 3.45. The van der Waals surface area contributed by atoms with Crippen molar-refractivity contribution in [2.24, 2.45) is 0 Å². The van der Waals surface area contributed by atoms with Gasteiger partial charge in [-0.2, -0.15) is 4.57 Å². The molecule has 0 spiro atoms. The van der Waals surface area contributed by atoms with E-state index in [2.05, 4.69) is 46.7 Å². The van der Waals surface area contributed by atoms with E-state index < -0.39 is 0 Å². The van der Waals surface area contributed by atoms with E-state index in [4.69, 9.17) is 8.83 Å². The standard InChI is InChI=1S/C26H23N2O4S2/c1-16(14-22-27(8-10-29)24-18-7-13-31-19(18)3-5-20(24)33-22)15-23-28(9-11-30)25-21(34-23)4-2-17-6-12-32-26(17)25/h2-7,12-15,29-30H,8-11H2,1H3/q+1. The number of aliphatic hydroxyl groups excluding tert-OH is 2. The first-order valence-electron chi connectivity index (χ1n) is 11.1. The summed E-state index contributed by atoms with van der Waals surface area (Å²) in [6.45, 7) is 3.18. The number of benzene rings is 2. The largest absolute Gasteiger partial charge is 0.464 e. The molecule has 0 saturated carbocycles. The lowest BCUT2D eigenvalue weighted by Crippen LogP contribution is -2.37. The van der Waals surface area contributed by atoms with Gasteiger partial charge in [0.05, 0.1) is 35.2 Å². The summed E-state index contributed by atoms with van der Waals surface area (Å²) in [7, 11) is 0. The van der Waals surface area contributed by atoms with Gasteiger partial charge in [-0.05, 0) is 55.0 Å². The normalized spacial score (nSPS) is 15.4. The fourth-order valence-electron chi connectivity index (χ4n) is 4.55. The lowest BCUT2D eigenvalue weighted by Gasteiger charge is -2.19. The average Bonchev–Trinajstić information content (AvgIpc) is 3.59. The maximum absolute atomic E-state index is 9.76. The number of hydrogen-bond acceptors (Lipinski definition) is 7. The topological polar surface area (TPSA) is 73.9 Å². The molecule has 0 aliphatic carbocycles. The van der Waals surface area contributed by atoms with Gasteiger partial charge in [0.1, 0.15) is 16.9 Å². The van der Waals surface area contributed by atoms with Gasteiger partial charge >= 0.3 is 0 Å². The SMILES string of the molecule is C/C(C=C1Sc2ccc3ccoc3c2N1CCO)=C\c1sc2ccc3occc3c2[n+]1CCO. The zero-order chi connectivity index (χ0) is 23.2. The second-order valence-electron chi connectivity index (χ2n) is 8.16. The first-order valence-corrected chi connectivity index (χ1v) is 12.7. The molecular formula is C26H23N2O4S2+. The summed E-state index contributed by atoms with van der Waals surface area (Å²) in [6, 6.07) is 12.2. The Labute approximate surface area is 204 Å². The lowest BCUT2D eigenvalue weighted by atomic mass is 10.2. The molecule has 0 atom stereocenters. The average molecular weight is 492 g/mol.